The fourth-order valence-electron chi connectivity index (χ4n) is 1.11. The van der Waals surface area contributed by atoms with Crippen LogP contribution in [-0.4, -0.2) is 22.2 Å². The van der Waals surface area contributed by atoms with Crippen molar-refractivity contribution >= 4 is 24.0 Å². The summed E-state index contributed by atoms with van der Waals surface area (Å²) in [6, 6.07) is 0. The van der Waals surface area contributed by atoms with Crippen molar-refractivity contribution in [2.75, 3.05) is 11.9 Å². The van der Waals surface area contributed by atoms with Gasteiger partial charge in [0.1, 0.15) is 0 Å². The molecule has 0 unspecified atom stereocenters. The van der Waals surface area contributed by atoms with Gasteiger partial charge in [-0.15, -0.1) is 12.4 Å². The topological polar surface area (TPSA) is 72.9 Å². The first-order valence-corrected chi connectivity index (χ1v) is 4.64. The Morgan fingerprint density at radius 1 is 1.67 bits per heavy atom. The molecule has 0 radical (unpaired) electrons. The number of hydrogen-bond donors (Lipinski definition) is 2. The fraction of sp³-hybridized carbons (Fsp3) is 0.556. The minimum absolute atomic E-state index is 0. The number of rotatable bonds is 4. The van der Waals surface area contributed by atoms with Crippen LogP contribution in [0.15, 0.2) is 12.4 Å². The van der Waals surface area contributed by atoms with Crippen molar-refractivity contribution < 1.29 is 4.79 Å². The zero-order chi connectivity index (χ0) is 10.6. The molecule has 1 aromatic heterocycles. The number of halogens is 1. The van der Waals surface area contributed by atoms with Gasteiger partial charge >= 0.3 is 0 Å². The van der Waals surface area contributed by atoms with Crippen molar-refractivity contribution in [1.29, 1.82) is 0 Å². The lowest BCUT2D eigenvalue weighted by Crippen LogP contribution is -2.21. The number of hydrogen-bond acceptors (Lipinski definition) is 3. The van der Waals surface area contributed by atoms with Crippen LogP contribution in [0.4, 0.5) is 5.69 Å². The standard InChI is InChI=1S/C9H16N4O.ClH/c1-7(2)5-13-6-8(4-11-13)12-9(14)3-10;/h4,6-7H,3,5,10H2,1-2H3,(H,12,14);1H. The van der Waals surface area contributed by atoms with E-state index in [9.17, 15) is 4.79 Å². The maximum atomic E-state index is 10.9. The van der Waals surface area contributed by atoms with Crippen LogP contribution in [0.5, 0.6) is 0 Å². The van der Waals surface area contributed by atoms with Gasteiger partial charge in [0.05, 0.1) is 18.4 Å². The number of carbonyl (C=O) groups is 1. The van der Waals surface area contributed by atoms with E-state index in [1.807, 2.05) is 0 Å². The van der Waals surface area contributed by atoms with E-state index < -0.39 is 0 Å². The maximum absolute atomic E-state index is 10.9. The average Bonchev–Trinajstić information content (AvgIpc) is 2.51. The Kier molecular flexibility index (Phi) is 5.96. The Bertz CT molecular complexity index is 311. The van der Waals surface area contributed by atoms with Crippen LogP contribution in [0.2, 0.25) is 0 Å². The van der Waals surface area contributed by atoms with E-state index in [1.165, 1.54) is 0 Å². The molecule has 0 spiro atoms. The van der Waals surface area contributed by atoms with Crippen molar-refractivity contribution in [2.45, 2.75) is 20.4 Å². The van der Waals surface area contributed by atoms with E-state index >= 15 is 0 Å². The molecule has 0 aliphatic carbocycles. The van der Waals surface area contributed by atoms with Crippen LogP contribution in [0, 0.1) is 5.92 Å². The smallest absolute Gasteiger partial charge is 0.238 e. The van der Waals surface area contributed by atoms with E-state index in [1.54, 1.807) is 17.1 Å². The molecule has 1 rings (SSSR count). The SMILES string of the molecule is CC(C)Cn1cc(NC(=O)CN)cn1.Cl. The van der Waals surface area contributed by atoms with Gasteiger partial charge in [-0.2, -0.15) is 5.10 Å². The molecule has 1 aromatic rings. The molecule has 0 aromatic carbocycles. The monoisotopic (exact) mass is 232 g/mol. The summed E-state index contributed by atoms with van der Waals surface area (Å²) in [6.07, 6.45) is 3.42. The van der Waals surface area contributed by atoms with Gasteiger partial charge in [0.2, 0.25) is 5.91 Å². The molecule has 86 valence electrons. The second kappa shape index (κ2) is 6.42. The molecule has 1 amide bonds. The van der Waals surface area contributed by atoms with Crippen LogP contribution < -0.4 is 11.1 Å². The second-order valence-electron chi connectivity index (χ2n) is 3.60. The Morgan fingerprint density at radius 2 is 2.33 bits per heavy atom. The third-order valence-corrected chi connectivity index (χ3v) is 1.65. The molecule has 0 bridgehead atoms. The Morgan fingerprint density at radius 3 is 2.87 bits per heavy atom. The molecule has 15 heavy (non-hydrogen) atoms. The molecule has 3 N–H and O–H groups in total. The number of anilines is 1. The molecule has 0 aliphatic heterocycles. The van der Waals surface area contributed by atoms with E-state index in [0.29, 0.717) is 11.6 Å². The molecule has 5 nitrogen and oxygen atoms in total. The summed E-state index contributed by atoms with van der Waals surface area (Å²) in [4.78, 5) is 10.9. The van der Waals surface area contributed by atoms with Crippen molar-refractivity contribution in [3.63, 3.8) is 0 Å². The molecule has 6 heteroatoms. The second-order valence-corrected chi connectivity index (χ2v) is 3.60. The van der Waals surface area contributed by atoms with Gasteiger partial charge in [-0.25, -0.2) is 0 Å². The average molecular weight is 233 g/mol. The first-order valence-electron chi connectivity index (χ1n) is 4.64. The Hall–Kier alpha value is -1.07. The molecule has 0 atom stereocenters. The summed E-state index contributed by atoms with van der Waals surface area (Å²) < 4.78 is 1.80. The zero-order valence-electron chi connectivity index (χ0n) is 8.93. The van der Waals surface area contributed by atoms with Crippen molar-refractivity contribution in [3.05, 3.63) is 12.4 Å². The summed E-state index contributed by atoms with van der Waals surface area (Å²) in [5.74, 6) is 0.335. The molecule has 0 fully saturated rings. The zero-order valence-corrected chi connectivity index (χ0v) is 9.75. The summed E-state index contributed by atoms with van der Waals surface area (Å²) in [5, 5.41) is 6.74. The number of nitrogens with two attached hydrogens (primary N) is 1. The number of amides is 1. The molecule has 0 saturated heterocycles. The lowest BCUT2D eigenvalue weighted by atomic mass is 10.2. The van der Waals surface area contributed by atoms with Crippen molar-refractivity contribution in [1.82, 2.24) is 9.78 Å². The highest BCUT2D eigenvalue weighted by Crippen LogP contribution is 2.06. The highest BCUT2D eigenvalue weighted by molar-refractivity contribution is 5.91. The number of nitrogens with zero attached hydrogens (tertiary/aromatic N) is 2. The van der Waals surface area contributed by atoms with Gasteiger partial charge < -0.3 is 11.1 Å². The first-order chi connectivity index (χ1) is 6.61. The molecule has 0 saturated carbocycles. The number of carbonyl (C=O) groups excluding carboxylic acids is 1. The van der Waals surface area contributed by atoms with E-state index in [0.717, 1.165) is 6.54 Å². The summed E-state index contributed by atoms with van der Waals surface area (Å²) in [6.45, 7) is 5.06. The van der Waals surface area contributed by atoms with Crippen molar-refractivity contribution in [2.24, 2.45) is 11.7 Å². The highest BCUT2D eigenvalue weighted by Gasteiger charge is 2.03. The van der Waals surface area contributed by atoms with Crippen LogP contribution in [0.3, 0.4) is 0 Å². The normalized spacial score (nSPS) is 9.87. The fourth-order valence-corrected chi connectivity index (χ4v) is 1.11. The lowest BCUT2D eigenvalue weighted by molar-refractivity contribution is -0.114. The first kappa shape index (κ1) is 13.9. The molecular formula is C9H17ClN4O. The third-order valence-electron chi connectivity index (χ3n) is 1.65. The van der Waals surface area contributed by atoms with E-state index in [-0.39, 0.29) is 24.9 Å². The molecule has 1 heterocycles. The van der Waals surface area contributed by atoms with Crippen LogP contribution >= 0.6 is 12.4 Å². The highest BCUT2D eigenvalue weighted by atomic mass is 35.5. The lowest BCUT2D eigenvalue weighted by Gasteiger charge is -2.03. The van der Waals surface area contributed by atoms with E-state index in [4.69, 9.17) is 5.73 Å². The van der Waals surface area contributed by atoms with Gasteiger partial charge in [-0.3, -0.25) is 9.48 Å². The Labute approximate surface area is 95.4 Å². The van der Waals surface area contributed by atoms with Gasteiger partial charge in [-0.1, -0.05) is 13.8 Å². The van der Waals surface area contributed by atoms with Crippen LogP contribution in [0.25, 0.3) is 0 Å². The third kappa shape index (κ3) is 4.80. The minimum Gasteiger partial charge on any atom is -0.322 e. The van der Waals surface area contributed by atoms with Gasteiger partial charge in [0.25, 0.3) is 0 Å². The molecule has 0 aliphatic rings. The van der Waals surface area contributed by atoms with Crippen molar-refractivity contribution in [3.8, 4) is 0 Å². The summed E-state index contributed by atoms with van der Waals surface area (Å²) in [5.41, 5.74) is 5.86. The quantitative estimate of drug-likeness (QED) is 0.809. The minimum atomic E-state index is -0.200. The summed E-state index contributed by atoms with van der Waals surface area (Å²) >= 11 is 0. The number of nitrogens with one attached hydrogen (secondary N) is 1. The largest absolute Gasteiger partial charge is 0.322 e. The van der Waals surface area contributed by atoms with E-state index in [2.05, 4.69) is 24.3 Å². The summed E-state index contributed by atoms with van der Waals surface area (Å²) in [7, 11) is 0. The van der Waals surface area contributed by atoms with Crippen LogP contribution in [0.1, 0.15) is 13.8 Å². The molecular weight excluding hydrogens is 216 g/mol. The Balaban J connectivity index is 0.00000196. The maximum Gasteiger partial charge on any atom is 0.238 e. The predicted molar refractivity (Wildman–Crippen MR) is 62.0 cm³/mol. The number of aromatic nitrogens is 2. The predicted octanol–water partition coefficient (Wildman–Crippen LogP) is 0.858. The van der Waals surface area contributed by atoms with Gasteiger partial charge in [0.15, 0.2) is 0 Å². The van der Waals surface area contributed by atoms with Gasteiger partial charge in [0, 0.05) is 12.7 Å². The van der Waals surface area contributed by atoms with Gasteiger partial charge in [-0.05, 0) is 5.92 Å². The van der Waals surface area contributed by atoms with Crippen LogP contribution in [-0.2, 0) is 11.3 Å².